The largest absolute Gasteiger partial charge is 0.488 e. The summed E-state index contributed by atoms with van der Waals surface area (Å²) in [5.74, 6) is -0.410. The Balaban J connectivity index is 1.83. The lowest BCUT2D eigenvalue weighted by Crippen LogP contribution is -2.15. The number of alkyl halides is 3. The lowest BCUT2D eigenvalue weighted by Gasteiger charge is -2.14. The summed E-state index contributed by atoms with van der Waals surface area (Å²) in [6.45, 7) is 0.210. The second-order valence-electron chi connectivity index (χ2n) is 6.06. The van der Waals surface area contributed by atoms with Gasteiger partial charge in [0.1, 0.15) is 12.4 Å². The van der Waals surface area contributed by atoms with Crippen LogP contribution in [0.15, 0.2) is 66.7 Å². The monoisotopic (exact) mass is 439 g/mol. The molecule has 29 heavy (non-hydrogen) atoms. The zero-order valence-corrected chi connectivity index (χ0v) is 16.3. The minimum absolute atomic E-state index is 0.0549. The van der Waals surface area contributed by atoms with Gasteiger partial charge in [0, 0.05) is 10.7 Å². The van der Waals surface area contributed by atoms with Gasteiger partial charge in [-0.05, 0) is 42.0 Å². The fraction of sp³-hybridized carbons (Fsp3) is 0.0952. The third-order valence-electron chi connectivity index (χ3n) is 3.95. The number of carbonyl (C=O) groups excluding carboxylic acids is 1. The highest BCUT2D eigenvalue weighted by Gasteiger charge is 2.33. The topological polar surface area (TPSA) is 38.3 Å². The van der Waals surface area contributed by atoms with Gasteiger partial charge in [-0.2, -0.15) is 13.2 Å². The van der Waals surface area contributed by atoms with E-state index in [2.05, 4.69) is 5.32 Å². The molecule has 0 aliphatic carbocycles. The molecular weight excluding hydrogens is 426 g/mol. The highest BCUT2D eigenvalue weighted by atomic mass is 35.5. The van der Waals surface area contributed by atoms with Gasteiger partial charge in [-0.1, -0.05) is 53.5 Å². The van der Waals surface area contributed by atoms with Crippen LogP contribution in [0.1, 0.15) is 21.5 Å². The molecule has 0 saturated heterocycles. The molecule has 0 bridgehead atoms. The molecule has 0 unspecified atom stereocenters. The molecule has 1 amide bonds. The Bertz CT molecular complexity index is 1020. The predicted molar refractivity (Wildman–Crippen MR) is 107 cm³/mol. The van der Waals surface area contributed by atoms with Gasteiger partial charge in [0.25, 0.3) is 5.91 Å². The second kappa shape index (κ2) is 8.76. The van der Waals surface area contributed by atoms with E-state index in [0.29, 0.717) is 0 Å². The minimum atomic E-state index is -4.64. The van der Waals surface area contributed by atoms with Gasteiger partial charge in [-0.3, -0.25) is 4.79 Å². The SMILES string of the molecule is O=C(Nc1ccc(Cl)c(C(F)(F)F)c1)c1cc(Cl)ccc1OCc1ccccc1. The predicted octanol–water partition coefficient (Wildman–Crippen LogP) is 6.84. The van der Waals surface area contributed by atoms with E-state index < -0.39 is 22.7 Å². The van der Waals surface area contributed by atoms with Crippen LogP contribution in [0.25, 0.3) is 0 Å². The van der Waals surface area contributed by atoms with E-state index in [9.17, 15) is 18.0 Å². The van der Waals surface area contributed by atoms with Crippen molar-refractivity contribution in [3.8, 4) is 5.75 Å². The molecule has 0 saturated carbocycles. The standard InChI is InChI=1S/C21H14Cl2F3NO2/c22-14-6-9-19(29-12-13-4-2-1-3-5-13)16(10-14)20(28)27-15-7-8-18(23)17(11-15)21(24,25)26/h1-11H,12H2,(H,27,28). The molecule has 0 radical (unpaired) electrons. The quantitative estimate of drug-likeness (QED) is 0.472. The maximum atomic E-state index is 13.0. The lowest BCUT2D eigenvalue weighted by molar-refractivity contribution is -0.137. The van der Waals surface area contributed by atoms with Crippen molar-refractivity contribution < 1.29 is 22.7 Å². The number of nitrogens with one attached hydrogen (secondary N) is 1. The molecule has 0 aliphatic rings. The molecule has 0 aliphatic heterocycles. The van der Waals surface area contributed by atoms with Gasteiger partial charge < -0.3 is 10.1 Å². The van der Waals surface area contributed by atoms with E-state index >= 15 is 0 Å². The van der Waals surface area contributed by atoms with Gasteiger partial charge in [0.2, 0.25) is 0 Å². The Morgan fingerprint density at radius 2 is 1.69 bits per heavy atom. The number of ether oxygens (including phenoxy) is 1. The Labute approximate surface area is 175 Å². The first kappa shape index (κ1) is 21.0. The summed E-state index contributed by atoms with van der Waals surface area (Å²) in [6, 6.07) is 16.9. The average molecular weight is 440 g/mol. The normalized spacial score (nSPS) is 11.2. The lowest BCUT2D eigenvalue weighted by atomic mass is 10.1. The third-order valence-corrected chi connectivity index (χ3v) is 4.52. The fourth-order valence-corrected chi connectivity index (χ4v) is 2.96. The molecule has 1 N–H and O–H groups in total. The van der Waals surface area contributed by atoms with Crippen LogP contribution in [0.4, 0.5) is 18.9 Å². The van der Waals surface area contributed by atoms with E-state index in [1.165, 1.54) is 18.2 Å². The molecule has 8 heteroatoms. The number of halogens is 5. The molecule has 0 spiro atoms. The number of anilines is 1. The second-order valence-corrected chi connectivity index (χ2v) is 6.90. The zero-order valence-electron chi connectivity index (χ0n) is 14.8. The van der Waals surface area contributed by atoms with Crippen molar-refractivity contribution in [1.82, 2.24) is 0 Å². The smallest absolute Gasteiger partial charge is 0.417 e. The number of hydrogen-bond donors (Lipinski definition) is 1. The first-order valence-corrected chi connectivity index (χ1v) is 9.14. The molecule has 150 valence electrons. The Kier molecular flexibility index (Phi) is 6.35. The molecule has 3 nitrogen and oxygen atoms in total. The molecule has 0 atom stereocenters. The van der Waals surface area contributed by atoms with Crippen LogP contribution in [0, 0.1) is 0 Å². The van der Waals surface area contributed by atoms with E-state index in [-0.39, 0.29) is 28.6 Å². The van der Waals surface area contributed by atoms with Gasteiger partial charge in [0.05, 0.1) is 16.1 Å². The number of carbonyl (C=O) groups is 1. The van der Waals surface area contributed by atoms with Gasteiger partial charge in [-0.15, -0.1) is 0 Å². The van der Waals surface area contributed by atoms with E-state index in [4.69, 9.17) is 27.9 Å². The van der Waals surface area contributed by atoms with Crippen LogP contribution < -0.4 is 10.1 Å². The first-order valence-electron chi connectivity index (χ1n) is 8.38. The van der Waals surface area contributed by atoms with E-state index in [1.54, 1.807) is 6.07 Å². The molecule has 0 aromatic heterocycles. The summed E-state index contributed by atoms with van der Waals surface area (Å²) in [5, 5.41) is 2.26. The van der Waals surface area contributed by atoms with Gasteiger partial charge in [0.15, 0.2) is 0 Å². The zero-order chi connectivity index (χ0) is 21.0. The summed E-state index contributed by atoms with van der Waals surface area (Å²) in [7, 11) is 0. The Morgan fingerprint density at radius 3 is 2.38 bits per heavy atom. The van der Waals surface area contributed by atoms with Crippen molar-refractivity contribution in [3.63, 3.8) is 0 Å². The van der Waals surface area contributed by atoms with Crippen molar-refractivity contribution >= 4 is 34.8 Å². The summed E-state index contributed by atoms with van der Waals surface area (Å²) in [6.07, 6.45) is -4.64. The highest BCUT2D eigenvalue weighted by molar-refractivity contribution is 6.31. The number of amides is 1. The number of hydrogen-bond acceptors (Lipinski definition) is 2. The molecule has 0 fully saturated rings. The Hall–Kier alpha value is -2.70. The Morgan fingerprint density at radius 1 is 0.966 bits per heavy atom. The summed E-state index contributed by atoms with van der Waals surface area (Å²) in [5.41, 5.74) is -0.109. The van der Waals surface area contributed by atoms with Crippen LogP contribution in [-0.4, -0.2) is 5.91 Å². The minimum Gasteiger partial charge on any atom is -0.488 e. The van der Waals surface area contributed by atoms with E-state index in [1.807, 2.05) is 30.3 Å². The van der Waals surface area contributed by atoms with Crippen molar-refractivity contribution in [3.05, 3.63) is 93.5 Å². The van der Waals surface area contributed by atoms with Crippen molar-refractivity contribution in [1.29, 1.82) is 0 Å². The highest BCUT2D eigenvalue weighted by Crippen LogP contribution is 2.36. The van der Waals surface area contributed by atoms with Crippen LogP contribution in [0.5, 0.6) is 5.75 Å². The van der Waals surface area contributed by atoms with Crippen molar-refractivity contribution in [2.24, 2.45) is 0 Å². The first-order chi connectivity index (χ1) is 13.7. The molecule has 3 rings (SSSR count). The van der Waals surface area contributed by atoms with Gasteiger partial charge >= 0.3 is 6.18 Å². The molecule has 3 aromatic carbocycles. The van der Waals surface area contributed by atoms with Crippen molar-refractivity contribution in [2.45, 2.75) is 12.8 Å². The maximum Gasteiger partial charge on any atom is 0.417 e. The average Bonchev–Trinajstić information content (AvgIpc) is 2.68. The molecule has 0 heterocycles. The summed E-state index contributed by atoms with van der Waals surface area (Å²) in [4.78, 5) is 12.7. The van der Waals surface area contributed by atoms with Crippen LogP contribution in [-0.2, 0) is 12.8 Å². The molecule has 3 aromatic rings. The third kappa shape index (κ3) is 5.43. The van der Waals surface area contributed by atoms with Crippen LogP contribution in [0.2, 0.25) is 10.0 Å². The maximum absolute atomic E-state index is 13.0. The van der Waals surface area contributed by atoms with Crippen LogP contribution in [0.3, 0.4) is 0 Å². The molecular formula is C21H14Cl2F3NO2. The van der Waals surface area contributed by atoms with Crippen molar-refractivity contribution in [2.75, 3.05) is 5.32 Å². The van der Waals surface area contributed by atoms with Gasteiger partial charge in [-0.25, -0.2) is 0 Å². The number of benzene rings is 3. The van der Waals surface area contributed by atoms with Crippen LogP contribution >= 0.6 is 23.2 Å². The summed E-state index contributed by atoms with van der Waals surface area (Å²) < 4.78 is 44.8. The summed E-state index contributed by atoms with van der Waals surface area (Å²) >= 11 is 11.6. The van der Waals surface area contributed by atoms with E-state index in [0.717, 1.165) is 17.7 Å². The fourth-order valence-electron chi connectivity index (χ4n) is 2.56. The number of rotatable bonds is 5.